The van der Waals surface area contributed by atoms with Crippen LogP contribution >= 0.6 is 11.6 Å². The Labute approximate surface area is 273 Å². The minimum Gasteiger partial charge on any atom is -0.357 e. The third-order valence-electron chi connectivity index (χ3n) is 9.90. The molecule has 3 aromatic rings. The molecule has 2 heterocycles. The molecule has 0 radical (unpaired) electrons. The van der Waals surface area contributed by atoms with Crippen molar-refractivity contribution in [3.05, 3.63) is 81.6 Å². The van der Waals surface area contributed by atoms with Gasteiger partial charge in [0.2, 0.25) is 11.8 Å². The Kier molecular flexibility index (Phi) is 8.54. The van der Waals surface area contributed by atoms with Crippen LogP contribution in [0.3, 0.4) is 0 Å². The summed E-state index contributed by atoms with van der Waals surface area (Å²) < 4.78 is 1.48. The van der Waals surface area contributed by atoms with Crippen LogP contribution in [0.5, 0.6) is 0 Å². The summed E-state index contributed by atoms with van der Waals surface area (Å²) in [6.45, 7) is 4.54. The highest BCUT2D eigenvalue weighted by Crippen LogP contribution is 2.39. The molecule has 0 bridgehead atoms. The van der Waals surface area contributed by atoms with Crippen molar-refractivity contribution >= 4 is 41.0 Å². The largest absolute Gasteiger partial charge is 0.357 e. The number of nitrogens with one attached hydrogen (secondary N) is 4. The molecule has 4 N–H and O–H groups in total. The lowest BCUT2D eigenvalue weighted by atomic mass is 9.79. The van der Waals surface area contributed by atoms with E-state index in [4.69, 9.17) is 11.6 Å². The van der Waals surface area contributed by atoms with Gasteiger partial charge in [-0.2, -0.15) is 5.10 Å². The van der Waals surface area contributed by atoms with Gasteiger partial charge >= 0.3 is 6.03 Å². The standard InChI is InChI=1S/C34H40ClN7O4/c1-19(2)27-18-42(33(46)39-27)34(32(45)36-3)16-22-8-10-24(15-23(22)17-34)38-31(44)29(40-30(43)28-12-13-37-41(28)4)21-9-11-25-20(14-21)6-5-7-26(25)35/h5-8,10,12-13,15,19,21,27,29H,9,11,14,16-18H2,1-4H3,(H,36,45)(H,38,44)(H,39,46)(H,40,43)/t21?,27-,29?,34?/m0/s1. The fourth-order valence-corrected chi connectivity index (χ4v) is 7.54. The second kappa shape index (κ2) is 12.4. The summed E-state index contributed by atoms with van der Waals surface area (Å²) in [6.07, 6.45) is 4.21. The van der Waals surface area contributed by atoms with E-state index in [9.17, 15) is 19.2 Å². The Morgan fingerprint density at radius 1 is 1.09 bits per heavy atom. The Hall–Kier alpha value is -4.38. The summed E-state index contributed by atoms with van der Waals surface area (Å²) in [6, 6.07) is 11.9. The van der Waals surface area contributed by atoms with Gasteiger partial charge in [-0.05, 0) is 77.6 Å². The molecule has 3 unspecified atom stereocenters. The number of hydrogen-bond donors (Lipinski definition) is 4. The highest BCUT2D eigenvalue weighted by Gasteiger charge is 2.53. The van der Waals surface area contributed by atoms with Crippen molar-refractivity contribution in [1.29, 1.82) is 0 Å². The Bertz CT molecular complexity index is 1700. The van der Waals surface area contributed by atoms with Gasteiger partial charge in [-0.1, -0.05) is 43.6 Å². The van der Waals surface area contributed by atoms with Crippen LogP contribution in [0, 0.1) is 11.8 Å². The first-order valence-corrected chi connectivity index (χ1v) is 16.2. The molecular weight excluding hydrogens is 606 g/mol. The van der Waals surface area contributed by atoms with Gasteiger partial charge in [0.05, 0.1) is 6.04 Å². The van der Waals surface area contributed by atoms with Crippen molar-refractivity contribution in [2.45, 2.75) is 63.6 Å². The number of likely N-dealkylation sites (N-methyl/N-ethyl adjacent to an activating group) is 1. The number of halogens is 1. The minimum absolute atomic E-state index is 0.0474. The summed E-state index contributed by atoms with van der Waals surface area (Å²) in [5.41, 5.74) is 3.84. The predicted octanol–water partition coefficient (Wildman–Crippen LogP) is 3.25. The zero-order chi connectivity index (χ0) is 32.7. The summed E-state index contributed by atoms with van der Waals surface area (Å²) in [4.78, 5) is 55.5. The van der Waals surface area contributed by atoms with Gasteiger partial charge in [0.25, 0.3) is 5.91 Å². The van der Waals surface area contributed by atoms with E-state index in [1.54, 1.807) is 31.3 Å². The molecule has 11 nitrogen and oxygen atoms in total. The number of rotatable bonds is 8. The fourth-order valence-electron chi connectivity index (χ4n) is 7.25. The van der Waals surface area contributed by atoms with Crippen LogP contribution in [0.25, 0.3) is 0 Å². The topological polar surface area (TPSA) is 137 Å². The lowest BCUT2D eigenvalue weighted by Gasteiger charge is -2.36. The third kappa shape index (κ3) is 5.72. The number of amides is 5. The summed E-state index contributed by atoms with van der Waals surface area (Å²) in [5, 5.41) is 16.7. The molecule has 1 saturated heterocycles. The molecular formula is C34H40ClN7O4. The number of hydrogen-bond acceptors (Lipinski definition) is 5. The monoisotopic (exact) mass is 645 g/mol. The molecule has 2 aromatic carbocycles. The average Bonchev–Trinajstić information content (AvgIpc) is 3.76. The van der Waals surface area contributed by atoms with Gasteiger partial charge in [-0.3, -0.25) is 19.1 Å². The molecule has 1 aromatic heterocycles. The second-order valence-electron chi connectivity index (χ2n) is 13.0. The molecule has 5 amide bonds. The smallest absolute Gasteiger partial charge is 0.318 e. The highest BCUT2D eigenvalue weighted by atomic mass is 35.5. The maximum absolute atomic E-state index is 14.0. The molecule has 242 valence electrons. The molecule has 12 heteroatoms. The zero-order valence-electron chi connectivity index (χ0n) is 26.5. The normalized spacial score (nSPS) is 22.6. The van der Waals surface area contributed by atoms with Crippen LogP contribution in [-0.2, 0) is 42.3 Å². The van der Waals surface area contributed by atoms with E-state index in [0.29, 0.717) is 55.1 Å². The van der Waals surface area contributed by atoms with Crippen LogP contribution in [0.15, 0.2) is 48.7 Å². The van der Waals surface area contributed by atoms with Gasteiger partial charge in [0, 0.05) is 50.4 Å². The molecule has 3 aliphatic rings. The first kappa shape index (κ1) is 31.6. The van der Waals surface area contributed by atoms with Gasteiger partial charge < -0.3 is 26.2 Å². The van der Waals surface area contributed by atoms with E-state index in [1.165, 1.54) is 4.68 Å². The minimum atomic E-state index is -1.07. The number of urea groups is 1. The number of carbonyl (C=O) groups excluding carboxylic acids is 4. The Balaban J connectivity index is 1.25. The molecule has 1 fully saturated rings. The van der Waals surface area contributed by atoms with Crippen molar-refractivity contribution in [3.63, 3.8) is 0 Å². The van der Waals surface area contributed by atoms with Crippen LogP contribution in [0.2, 0.25) is 5.02 Å². The van der Waals surface area contributed by atoms with E-state index in [0.717, 1.165) is 22.3 Å². The van der Waals surface area contributed by atoms with Crippen molar-refractivity contribution in [1.82, 2.24) is 30.6 Å². The number of anilines is 1. The number of fused-ring (bicyclic) bond motifs is 2. The fraction of sp³-hybridized carbons (Fsp3) is 0.441. The highest BCUT2D eigenvalue weighted by molar-refractivity contribution is 6.31. The van der Waals surface area contributed by atoms with Crippen molar-refractivity contribution in [2.75, 3.05) is 18.9 Å². The number of aryl methyl sites for hydroxylation is 1. The van der Waals surface area contributed by atoms with Crippen LogP contribution < -0.4 is 21.3 Å². The second-order valence-corrected chi connectivity index (χ2v) is 13.4. The van der Waals surface area contributed by atoms with Crippen molar-refractivity contribution in [2.24, 2.45) is 18.9 Å². The summed E-state index contributed by atoms with van der Waals surface area (Å²) in [7, 11) is 3.27. The average molecular weight is 646 g/mol. The number of aromatic nitrogens is 2. The lowest BCUT2D eigenvalue weighted by molar-refractivity contribution is -0.130. The first-order valence-electron chi connectivity index (χ1n) is 15.8. The van der Waals surface area contributed by atoms with E-state index >= 15 is 0 Å². The van der Waals surface area contributed by atoms with Crippen LogP contribution in [0.4, 0.5) is 10.5 Å². The van der Waals surface area contributed by atoms with E-state index in [-0.39, 0.29) is 41.6 Å². The lowest BCUT2D eigenvalue weighted by Crippen LogP contribution is -2.60. The molecule has 0 saturated carbocycles. The summed E-state index contributed by atoms with van der Waals surface area (Å²) in [5.74, 6) is -0.877. The van der Waals surface area contributed by atoms with Crippen LogP contribution in [-0.4, -0.2) is 69.6 Å². The third-order valence-corrected chi connectivity index (χ3v) is 10.3. The quantitative estimate of drug-likeness (QED) is 0.298. The first-order chi connectivity index (χ1) is 22.0. The van der Waals surface area contributed by atoms with E-state index in [1.807, 2.05) is 50.2 Å². The maximum Gasteiger partial charge on any atom is 0.318 e. The SMILES string of the molecule is CNC(=O)C1(N2C[C@@H](C(C)C)NC2=O)Cc2ccc(NC(=O)C(NC(=O)c3ccnn3C)C3CCc4c(Cl)cccc4C3)cc2C1. The Morgan fingerprint density at radius 3 is 2.57 bits per heavy atom. The molecule has 1 aliphatic heterocycles. The Morgan fingerprint density at radius 2 is 1.87 bits per heavy atom. The zero-order valence-corrected chi connectivity index (χ0v) is 27.3. The molecule has 2 aliphatic carbocycles. The number of nitrogens with zero attached hydrogens (tertiary/aromatic N) is 3. The van der Waals surface area contributed by atoms with Crippen molar-refractivity contribution < 1.29 is 19.2 Å². The number of benzene rings is 2. The number of carbonyl (C=O) groups is 4. The molecule has 46 heavy (non-hydrogen) atoms. The van der Waals surface area contributed by atoms with Crippen LogP contribution in [0.1, 0.15) is 53.0 Å². The van der Waals surface area contributed by atoms with Gasteiger partial charge in [-0.15, -0.1) is 0 Å². The van der Waals surface area contributed by atoms with E-state index < -0.39 is 11.6 Å². The predicted molar refractivity (Wildman–Crippen MR) is 175 cm³/mol. The van der Waals surface area contributed by atoms with Crippen molar-refractivity contribution in [3.8, 4) is 0 Å². The molecule has 0 spiro atoms. The maximum atomic E-state index is 14.0. The van der Waals surface area contributed by atoms with Gasteiger partial charge in [-0.25, -0.2) is 4.79 Å². The molecule has 6 rings (SSSR count). The molecule has 4 atom stereocenters. The van der Waals surface area contributed by atoms with Gasteiger partial charge in [0.1, 0.15) is 17.3 Å². The summed E-state index contributed by atoms with van der Waals surface area (Å²) >= 11 is 6.47. The van der Waals surface area contributed by atoms with Gasteiger partial charge in [0.15, 0.2) is 0 Å². The van der Waals surface area contributed by atoms with E-state index in [2.05, 4.69) is 26.4 Å².